The lowest BCUT2D eigenvalue weighted by atomic mass is 9.93. The van der Waals surface area contributed by atoms with E-state index in [1.54, 1.807) is 31.4 Å². The van der Waals surface area contributed by atoms with E-state index in [-0.39, 0.29) is 11.3 Å². The molecule has 3 aromatic carbocycles. The maximum absolute atomic E-state index is 13.2. The maximum Gasteiger partial charge on any atom is 0.295 e. The third-order valence-electron chi connectivity index (χ3n) is 6.82. The Kier molecular flexibility index (Phi) is 8.64. The highest BCUT2D eigenvalue weighted by atomic mass is 16.5. The first-order valence-corrected chi connectivity index (χ1v) is 13.0. The Bertz CT molecular complexity index is 1310. The van der Waals surface area contributed by atoms with Crippen LogP contribution in [-0.2, 0) is 20.9 Å². The second-order valence-electron chi connectivity index (χ2n) is 9.96. The summed E-state index contributed by atoms with van der Waals surface area (Å²) >= 11 is 0. The van der Waals surface area contributed by atoms with Crippen LogP contribution in [0.25, 0.3) is 5.76 Å². The summed E-state index contributed by atoms with van der Waals surface area (Å²) < 4.78 is 11.1. The fourth-order valence-electron chi connectivity index (χ4n) is 4.73. The average Bonchev–Trinajstić information content (AvgIpc) is 3.17. The zero-order valence-corrected chi connectivity index (χ0v) is 22.4. The highest BCUT2D eigenvalue weighted by molar-refractivity contribution is 6.46. The Morgan fingerprint density at radius 2 is 1.71 bits per heavy atom. The molecule has 1 atom stereocenters. The van der Waals surface area contributed by atoms with E-state index < -0.39 is 17.7 Å². The molecule has 0 spiro atoms. The van der Waals surface area contributed by atoms with Gasteiger partial charge in [-0.3, -0.25) is 9.59 Å². The highest BCUT2D eigenvalue weighted by Gasteiger charge is 2.45. The van der Waals surface area contributed by atoms with Crippen molar-refractivity contribution in [3.63, 3.8) is 0 Å². The standard InChI is InChI=1S/C32H35NO5/c1-21(2)24-9-11-25(12-10-24)29-28(31(35)32(36)33(29)17-6-18-37-4)30(34)26-13-15-27(16-14-26)38-20-23-8-5-7-22(3)19-23/h5,7-16,19,21,29,34H,6,17-18,20H2,1-4H3/t29-/m1/s1. The van der Waals surface area contributed by atoms with E-state index in [1.807, 2.05) is 49.4 Å². The van der Waals surface area contributed by atoms with Gasteiger partial charge in [0, 0.05) is 25.8 Å². The molecule has 0 radical (unpaired) electrons. The maximum atomic E-state index is 13.2. The SMILES string of the molecule is COCCCN1C(=O)C(=O)C(=C(O)c2ccc(OCc3cccc(C)c3)cc2)[C@H]1c1ccc(C(C)C)cc1. The van der Waals surface area contributed by atoms with Crippen molar-refractivity contribution in [1.29, 1.82) is 0 Å². The number of rotatable bonds is 10. The summed E-state index contributed by atoms with van der Waals surface area (Å²) in [4.78, 5) is 27.8. The molecule has 0 saturated carbocycles. The van der Waals surface area contributed by atoms with Crippen LogP contribution in [0.15, 0.2) is 78.4 Å². The summed E-state index contributed by atoms with van der Waals surface area (Å²) in [7, 11) is 1.60. The predicted octanol–water partition coefficient (Wildman–Crippen LogP) is 6.16. The van der Waals surface area contributed by atoms with Crippen LogP contribution >= 0.6 is 0 Å². The third kappa shape index (κ3) is 5.97. The van der Waals surface area contributed by atoms with E-state index in [0.29, 0.717) is 43.4 Å². The number of methoxy groups -OCH3 is 1. The van der Waals surface area contributed by atoms with Gasteiger partial charge in [0.2, 0.25) is 0 Å². The van der Waals surface area contributed by atoms with Crippen molar-refractivity contribution < 1.29 is 24.2 Å². The molecule has 1 fully saturated rings. The fourth-order valence-corrected chi connectivity index (χ4v) is 4.73. The van der Waals surface area contributed by atoms with Gasteiger partial charge in [0.1, 0.15) is 18.1 Å². The van der Waals surface area contributed by atoms with Gasteiger partial charge in [-0.05, 0) is 60.2 Å². The number of carbonyl (C=O) groups is 2. The van der Waals surface area contributed by atoms with E-state index in [2.05, 4.69) is 19.9 Å². The normalized spacial score (nSPS) is 16.9. The lowest BCUT2D eigenvalue weighted by Crippen LogP contribution is -2.31. The Balaban J connectivity index is 1.64. The first-order chi connectivity index (χ1) is 18.3. The van der Waals surface area contributed by atoms with E-state index in [4.69, 9.17) is 9.47 Å². The monoisotopic (exact) mass is 513 g/mol. The van der Waals surface area contributed by atoms with E-state index in [0.717, 1.165) is 16.7 Å². The van der Waals surface area contributed by atoms with Crippen LogP contribution in [0.2, 0.25) is 0 Å². The van der Waals surface area contributed by atoms with Crippen molar-refractivity contribution in [1.82, 2.24) is 4.90 Å². The molecule has 1 saturated heterocycles. The zero-order chi connectivity index (χ0) is 27.2. The molecule has 1 aliphatic heterocycles. The second-order valence-corrected chi connectivity index (χ2v) is 9.96. The number of likely N-dealkylation sites (tertiary alicyclic amines) is 1. The number of benzene rings is 3. The molecule has 198 valence electrons. The molecule has 6 heteroatoms. The lowest BCUT2D eigenvalue weighted by Gasteiger charge is -2.25. The molecule has 3 aromatic rings. The number of nitrogens with zero attached hydrogens (tertiary/aromatic N) is 1. The van der Waals surface area contributed by atoms with Gasteiger partial charge in [-0.25, -0.2) is 0 Å². The summed E-state index contributed by atoms with van der Waals surface area (Å²) in [6.45, 7) is 7.49. The minimum Gasteiger partial charge on any atom is -0.507 e. The molecule has 0 bridgehead atoms. The van der Waals surface area contributed by atoms with Crippen molar-refractivity contribution in [2.45, 2.75) is 45.8 Å². The number of Topliss-reactive ketones (excluding diaryl/α,β-unsaturated/α-hetero) is 1. The topological polar surface area (TPSA) is 76.1 Å². The summed E-state index contributed by atoms with van der Waals surface area (Å²) in [5.74, 6) is -0.496. The minimum absolute atomic E-state index is 0.0955. The molecule has 6 nitrogen and oxygen atoms in total. The summed E-state index contributed by atoms with van der Waals surface area (Å²) in [5.41, 5.74) is 4.72. The number of aryl methyl sites for hydroxylation is 1. The first kappa shape index (κ1) is 27.1. The van der Waals surface area contributed by atoms with E-state index in [9.17, 15) is 14.7 Å². The molecule has 1 heterocycles. The van der Waals surface area contributed by atoms with Gasteiger partial charge in [0.05, 0.1) is 11.6 Å². The molecular weight excluding hydrogens is 478 g/mol. The van der Waals surface area contributed by atoms with Gasteiger partial charge < -0.3 is 19.5 Å². The highest BCUT2D eigenvalue weighted by Crippen LogP contribution is 2.40. The van der Waals surface area contributed by atoms with Gasteiger partial charge in [-0.1, -0.05) is 67.9 Å². The number of aliphatic hydroxyl groups is 1. The summed E-state index contributed by atoms with van der Waals surface area (Å²) in [5, 5.41) is 11.3. The molecule has 0 unspecified atom stereocenters. The van der Waals surface area contributed by atoms with Gasteiger partial charge in [-0.2, -0.15) is 0 Å². The van der Waals surface area contributed by atoms with Gasteiger partial charge in [0.25, 0.3) is 11.7 Å². The third-order valence-corrected chi connectivity index (χ3v) is 6.82. The molecule has 1 amide bonds. The Labute approximate surface area is 224 Å². The van der Waals surface area contributed by atoms with Crippen LogP contribution in [0, 0.1) is 6.92 Å². The minimum atomic E-state index is -0.683. The summed E-state index contributed by atoms with van der Waals surface area (Å²) in [6.07, 6.45) is 0.580. The first-order valence-electron chi connectivity index (χ1n) is 13.0. The van der Waals surface area contributed by atoms with Crippen LogP contribution in [-0.4, -0.2) is 42.0 Å². The fraction of sp³-hybridized carbons (Fsp3) is 0.312. The Morgan fingerprint density at radius 3 is 2.34 bits per heavy atom. The van der Waals surface area contributed by atoms with Crippen molar-refractivity contribution in [3.05, 3.63) is 106 Å². The average molecular weight is 514 g/mol. The number of carbonyl (C=O) groups excluding carboxylic acids is 2. The molecule has 1 aliphatic rings. The molecular formula is C32H35NO5. The zero-order valence-electron chi connectivity index (χ0n) is 22.4. The van der Waals surface area contributed by atoms with Crippen molar-refractivity contribution in [2.24, 2.45) is 0 Å². The van der Waals surface area contributed by atoms with Gasteiger partial charge >= 0.3 is 0 Å². The van der Waals surface area contributed by atoms with Crippen molar-refractivity contribution in [2.75, 3.05) is 20.3 Å². The quantitative estimate of drug-likeness (QED) is 0.152. The van der Waals surface area contributed by atoms with Crippen molar-refractivity contribution in [3.8, 4) is 5.75 Å². The molecule has 0 aromatic heterocycles. The number of aliphatic hydroxyl groups excluding tert-OH is 1. The van der Waals surface area contributed by atoms with Crippen LogP contribution in [0.5, 0.6) is 5.75 Å². The Hall–Kier alpha value is -3.90. The Morgan fingerprint density at radius 1 is 1.00 bits per heavy atom. The largest absolute Gasteiger partial charge is 0.507 e. The van der Waals surface area contributed by atoms with E-state index >= 15 is 0 Å². The molecule has 1 N–H and O–H groups in total. The molecule has 4 rings (SSSR count). The number of hydrogen-bond acceptors (Lipinski definition) is 5. The van der Waals surface area contributed by atoms with Gasteiger partial charge in [0.15, 0.2) is 0 Å². The number of amides is 1. The predicted molar refractivity (Wildman–Crippen MR) is 148 cm³/mol. The van der Waals surface area contributed by atoms with Crippen LogP contribution in [0.1, 0.15) is 60.0 Å². The van der Waals surface area contributed by atoms with Gasteiger partial charge in [-0.15, -0.1) is 0 Å². The number of ketones is 1. The van der Waals surface area contributed by atoms with Crippen LogP contribution < -0.4 is 4.74 Å². The number of hydrogen-bond donors (Lipinski definition) is 1. The molecule has 0 aliphatic carbocycles. The molecule has 38 heavy (non-hydrogen) atoms. The van der Waals surface area contributed by atoms with Crippen LogP contribution in [0.4, 0.5) is 0 Å². The second kappa shape index (κ2) is 12.1. The smallest absolute Gasteiger partial charge is 0.295 e. The lowest BCUT2D eigenvalue weighted by molar-refractivity contribution is -0.140. The van der Waals surface area contributed by atoms with Crippen LogP contribution in [0.3, 0.4) is 0 Å². The summed E-state index contributed by atoms with van der Waals surface area (Å²) in [6, 6.07) is 22.2. The number of ether oxygens (including phenoxy) is 2. The van der Waals surface area contributed by atoms with Crippen molar-refractivity contribution >= 4 is 17.4 Å². The van der Waals surface area contributed by atoms with E-state index in [1.165, 1.54) is 10.5 Å².